The molecule has 2 aromatic carbocycles. The van der Waals surface area contributed by atoms with Crippen LogP contribution in [-0.2, 0) is 17.9 Å². The van der Waals surface area contributed by atoms with Crippen LogP contribution in [-0.4, -0.2) is 33.4 Å². The summed E-state index contributed by atoms with van der Waals surface area (Å²) >= 11 is 0. The highest BCUT2D eigenvalue weighted by Gasteiger charge is 2.26. The van der Waals surface area contributed by atoms with Gasteiger partial charge in [-0.05, 0) is 64.4 Å². The molecule has 1 aliphatic rings. The largest absolute Gasteiger partial charge is 0.352 e. The van der Waals surface area contributed by atoms with Crippen molar-refractivity contribution in [1.82, 2.24) is 19.8 Å². The molecule has 0 spiro atoms. The summed E-state index contributed by atoms with van der Waals surface area (Å²) < 4.78 is 2.34. The number of aromatic nitrogens is 2. The van der Waals surface area contributed by atoms with E-state index in [1.165, 1.54) is 11.1 Å². The molecule has 1 aliphatic heterocycles. The Balaban J connectivity index is 1.33. The molecule has 1 fully saturated rings. The zero-order chi connectivity index (χ0) is 21.1. The molecule has 2 heterocycles. The van der Waals surface area contributed by atoms with E-state index in [-0.39, 0.29) is 11.8 Å². The first-order chi connectivity index (χ1) is 14.5. The Labute approximate surface area is 179 Å². The molecule has 1 aromatic heterocycles. The van der Waals surface area contributed by atoms with E-state index in [9.17, 15) is 4.79 Å². The summed E-state index contributed by atoms with van der Waals surface area (Å²) in [6.45, 7) is 9.82. The monoisotopic (exact) mass is 404 g/mol. The molecular formula is C25H32N4O. The number of hydrogen-bond donors (Lipinski definition) is 1. The third-order valence-corrected chi connectivity index (χ3v) is 6.06. The van der Waals surface area contributed by atoms with Crippen molar-refractivity contribution in [1.29, 1.82) is 0 Å². The van der Waals surface area contributed by atoms with Crippen molar-refractivity contribution >= 4 is 16.9 Å². The fraction of sp³-hybridized carbons (Fsp3) is 0.440. The maximum absolute atomic E-state index is 12.6. The summed E-state index contributed by atoms with van der Waals surface area (Å²) in [6.07, 6.45) is 1.81. The van der Waals surface area contributed by atoms with Gasteiger partial charge in [-0.3, -0.25) is 9.69 Å². The van der Waals surface area contributed by atoms with Gasteiger partial charge in [-0.15, -0.1) is 0 Å². The van der Waals surface area contributed by atoms with Gasteiger partial charge in [-0.1, -0.05) is 42.0 Å². The van der Waals surface area contributed by atoms with Gasteiger partial charge in [0.2, 0.25) is 5.91 Å². The number of nitrogens with one attached hydrogen (secondary N) is 1. The zero-order valence-corrected chi connectivity index (χ0v) is 18.3. The quantitative estimate of drug-likeness (QED) is 0.660. The smallest absolute Gasteiger partial charge is 0.223 e. The maximum Gasteiger partial charge on any atom is 0.223 e. The lowest BCUT2D eigenvalue weighted by Gasteiger charge is -2.31. The Morgan fingerprint density at radius 3 is 2.63 bits per heavy atom. The van der Waals surface area contributed by atoms with Gasteiger partial charge in [-0.2, -0.15) is 0 Å². The number of carbonyl (C=O) groups is 1. The molecule has 1 amide bonds. The number of nitrogens with zero attached hydrogens (tertiary/aromatic N) is 3. The number of para-hydroxylation sites is 2. The molecule has 5 heteroatoms. The Morgan fingerprint density at radius 1 is 1.13 bits per heavy atom. The van der Waals surface area contributed by atoms with Crippen molar-refractivity contribution in [2.24, 2.45) is 5.92 Å². The fourth-order valence-electron chi connectivity index (χ4n) is 4.49. The van der Waals surface area contributed by atoms with Crippen LogP contribution in [0.2, 0.25) is 0 Å². The maximum atomic E-state index is 12.6. The highest BCUT2D eigenvalue weighted by molar-refractivity contribution is 5.78. The number of imidazole rings is 1. The highest BCUT2D eigenvalue weighted by atomic mass is 16.1. The first-order valence-corrected chi connectivity index (χ1v) is 11.0. The van der Waals surface area contributed by atoms with Crippen LogP contribution in [0.25, 0.3) is 11.0 Å². The first-order valence-electron chi connectivity index (χ1n) is 11.0. The molecule has 4 rings (SSSR count). The standard InChI is InChI=1S/C25H32N4O/c1-18(2)29-23-10-5-4-9-22(23)27-24(29)17-28-13-11-21(12-14-28)25(30)26-16-20-8-6-7-19(3)15-20/h4-10,15,18,21H,11-14,16-17H2,1-3H3,(H,26,30). The molecule has 3 aromatic rings. The Hall–Kier alpha value is -2.66. The minimum atomic E-state index is 0.106. The van der Waals surface area contributed by atoms with Crippen LogP contribution < -0.4 is 5.32 Å². The van der Waals surface area contributed by atoms with E-state index >= 15 is 0 Å². The minimum absolute atomic E-state index is 0.106. The van der Waals surface area contributed by atoms with Gasteiger partial charge in [-0.25, -0.2) is 4.98 Å². The van der Waals surface area contributed by atoms with Gasteiger partial charge in [0.15, 0.2) is 0 Å². The molecule has 5 nitrogen and oxygen atoms in total. The summed E-state index contributed by atoms with van der Waals surface area (Å²) in [5.41, 5.74) is 4.65. The van der Waals surface area contributed by atoms with Crippen molar-refractivity contribution in [2.45, 2.75) is 52.7 Å². The number of fused-ring (bicyclic) bond motifs is 1. The van der Waals surface area contributed by atoms with Gasteiger partial charge < -0.3 is 9.88 Å². The van der Waals surface area contributed by atoms with E-state index in [0.29, 0.717) is 12.6 Å². The van der Waals surface area contributed by atoms with Crippen molar-refractivity contribution in [2.75, 3.05) is 13.1 Å². The Kier molecular flexibility index (Phi) is 6.18. The van der Waals surface area contributed by atoms with Crippen molar-refractivity contribution in [3.8, 4) is 0 Å². The second-order valence-corrected chi connectivity index (χ2v) is 8.74. The molecule has 0 aliphatic carbocycles. The van der Waals surface area contributed by atoms with Gasteiger partial charge in [0.05, 0.1) is 17.6 Å². The lowest BCUT2D eigenvalue weighted by atomic mass is 9.95. The van der Waals surface area contributed by atoms with Crippen LogP contribution in [0.5, 0.6) is 0 Å². The molecule has 0 saturated carbocycles. The second-order valence-electron chi connectivity index (χ2n) is 8.74. The number of piperidine rings is 1. The fourth-order valence-corrected chi connectivity index (χ4v) is 4.49. The van der Waals surface area contributed by atoms with Gasteiger partial charge >= 0.3 is 0 Å². The van der Waals surface area contributed by atoms with E-state index in [1.807, 2.05) is 12.1 Å². The van der Waals surface area contributed by atoms with E-state index < -0.39 is 0 Å². The number of carbonyl (C=O) groups excluding carboxylic acids is 1. The predicted molar refractivity (Wildman–Crippen MR) is 121 cm³/mol. The second kappa shape index (κ2) is 9.00. The number of rotatable bonds is 6. The third-order valence-electron chi connectivity index (χ3n) is 6.06. The average Bonchev–Trinajstić information content (AvgIpc) is 3.10. The summed E-state index contributed by atoms with van der Waals surface area (Å²) in [5.74, 6) is 1.41. The Morgan fingerprint density at radius 2 is 1.90 bits per heavy atom. The summed E-state index contributed by atoms with van der Waals surface area (Å²) in [7, 11) is 0. The van der Waals surface area contributed by atoms with Crippen molar-refractivity contribution < 1.29 is 4.79 Å². The molecule has 1 N–H and O–H groups in total. The molecule has 0 radical (unpaired) electrons. The van der Waals surface area contributed by atoms with E-state index in [0.717, 1.165) is 49.4 Å². The molecule has 158 valence electrons. The zero-order valence-electron chi connectivity index (χ0n) is 18.3. The van der Waals surface area contributed by atoms with Gasteiger partial charge in [0.25, 0.3) is 0 Å². The lowest BCUT2D eigenvalue weighted by Crippen LogP contribution is -2.40. The van der Waals surface area contributed by atoms with E-state index in [1.54, 1.807) is 0 Å². The predicted octanol–water partition coefficient (Wildman–Crippen LogP) is 4.45. The Bertz CT molecular complexity index is 1010. The molecular weight excluding hydrogens is 372 g/mol. The van der Waals surface area contributed by atoms with Crippen LogP contribution in [0.4, 0.5) is 0 Å². The third kappa shape index (κ3) is 4.57. The van der Waals surface area contributed by atoms with E-state index in [4.69, 9.17) is 4.98 Å². The molecule has 30 heavy (non-hydrogen) atoms. The molecule has 0 atom stereocenters. The molecule has 1 saturated heterocycles. The van der Waals surface area contributed by atoms with Crippen LogP contribution in [0.1, 0.15) is 49.7 Å². The molecule has 0 unspecified atom stereocenters. The van der Waals surface area contributed by atoms with Crippen LogP contribution in [0, 0.1) is 12.8 Å². The van der Waals surface area contributed by atoms with Crippen molar-refractivity contribution in [3.63, 3.8) is 0 Å². The minimum Gasteiger partial charge on any atom is -0.352 e. The molecule has 0 bridgehead atoms. The average molecular weight is 405 g/mol. The van der Waals surface area contributed by atoms with Crippen LogP contribution >= 0.6 is 0 Å². The van der Waals surface area contributed by atoms with Crippen LogP contribution in [0.3, 0.4) is 0 Å². The number of amides is 1. The SMILES string of the molecule is Cc1cccc(CNC(=O)C2CCN(Cc3nc4ccccc4n3C(C)C)CC2)c1. The number of aryl methyl sites for hydroxylation is 1. The van der Waals surface area contributed by atoms with E-state index in [2.05, 4.69) is 72.0 Å². The normalized spacial score (nSPS) is 15.7. The summed E-state index contributed by atoms with van der Waals surface area (Å²) in [6, 6.07) is 17.0. The number of likely N-dealkylation sites (tertiary alicyclic amines) is 1. The van der Waals surface area contributed by atoms with Crippen LogP contribution in [0.15, 0.2) is 48.5 Å². The topological polar surface area (TPSA) is 50.2 Å². The van der Waals surface area contributed by atoms with Crippen molar-refractivity contribution in [3.05, 3.63) is 65.5 Å². The highest BCUT2D eigenvalue weighted by Crippen LogP contribution is 2.24. The summed E-state index contributed by atoms with van der Waals surface area (Å²) in [4.78, 5) is 20.0. The van der Waals surface area contributed by atoms with Gasteiger partial charge in [0.1, 0.15) is 5.82 Å². The summed E-state index contributed by atoms with van der Waals surface area (Å²) in [5, 5.41) is 3.13. The number of hydrogen-bond acceptors (Lipinski definition) is 3. The lowest BCUT2D eigenvalue weighted by molar-refractivity contribution is -0.126. The van der Waals surface area contributed by atoms with Gasteiger partial charge in [0, 0.05) is 18.5 Å². The first kappa shape index (κ1) is 20.6. The number of benzene rings is 2.